The smallest absolute Gasteiger partial charge is 0.331 e. The number of carbonyl (C=O) groups excluding carboxylic acids is 4. The molecule has 3 aromatic rings. The Hall–Kier alpha value is -5.37. The third-order valence-electron chi connectivity index (χ3n) is 5.55. The summed E-state index contributed by atoms with van der Waals surface area (Å²) in [5.74, 6) is -2.55. The zero-order chi connectivity index (χ0) is 31.2. The molecule has 0 aliphatic heterocycles. The van der Waals surface area contributed by atoms with E-state index in [0.29, 0.717) is 15.9 Å². The van der Waals surface area contributed by atoms with Gasteiger partial charge in [-0.1, -0.05) is 36.5 Å². The highest BCUT2D eigenvalue weighted by Crippen LogP contribution is 2.24. The van der Waals surface area contributed by atoms with E-state index in [2.05, 4.69) is 30.1 Å². The third-order valence-corrected chi connectivity index (χ3v) is 5.93. The van der Waals surface area contributed by atoms with Gasteiger partial charge < -0.3 is 29.6 Å². The van der Waals surface area contributed by atoms with E-state index in [1.165, 1.54) is 14.2 Å². The van der Waals surface area contributed by atoms with Crippen molar-refractivity contribution < 1.29 is 38.1 Å². The van der Waals surface area contributed by atoms with Crippen LogP contribution in [0.15, 0.2) is 71.6 Å². The number of hydrogen-bond acceptors (Lipinski definition) is 12. The van der Waals surface area contributed by atoms with Crippen LogP contribution < -0.4 is 16.2 Å². The number of aromatic amines is 1. The van der Waals surface area contributed by atoms with Crippen LogP contribution in [0.1, 0.15) is 5.56 Å². The van der Waals surface area contributed by atoms with Crippen LogP contribution in [0.5, 0.6) is 0 Å². The Kier molecular flexibility index (Phi) is 12.1. The van der Waals surface area contributed by atoms with Crippen molar-refractivity contribution in [2.45, 2.75) is 0 Å². The summed E-state index contributed by atoms with van der Waals surface area (Å²) in [5.41, 5.74) is 2.43. The zero-order valence-electron chi connectivity index (χ0n) is 23.2. The van der Waals surface area contributed by atoms with Gasteiger partial charge in [0, 0.05) is 36.4 Å². The lowest BCUT2D eigenvalue weighted by Gasteiger charge is -2.11. The van der Waals surface area contributed by atoms with E-state index in [0.717, 1.165) is 41.0 Å². The molecule has 3 rings (SSSR count). The van der Waals surface area contributed by atoms with E-state index in [4.69, 9.17) is 21.7 Å². The number of esters is 4. The van der Waals surface area contributed by atoms with Gasteiger partial charge >= 0.3 is 23.9 Å². The van der Waals surface area contributed by atoms with Crippen LogP contribution in [0.4, 0.5) is 5.95 Å². The van der Waals surface area contributed by atoms with Gasteiger partial charge in [-0.25, -0.2) is 24.2 Å². The molecule has 0 amide bonds. The predicted molar refractivity (Wildman–Crippen MR) is 160 cm³/mol. The Bertz CT molecular complexity index is 1630. The first kappa shape index (κ1) is 32.1. The van der Waals surface area contributed by atoms with E-state index in [9.17, 15) is 24.0 Å². The number of anilines is 1. The second-order valence-corrected chi connectivity index (χ2v) is 8.87. The molecule has 0 atom stereocenters. The lowest BCUT2D eigenvalue weighted by molar-refractivity contribution is -0.139. The van der Waals surface area contributed by atoms with Gasteiger partial charge in [0.1, 0.15) is 18.2 Å². The minimum Gasteiger partial charge on any atom is -0.466 e. The molecular formula is C29H28N4O9S. The average Bonchev–Trinajstić information content (AvgIpc) is 3.02. The summed E-state index contributed by atoms with van der Waals surface area (Å²) < 4.78 is 18.8. The molecule has 0 aliphatic carbocycles. The highest BCUT2D eigenvalue weighted by atomic mass is 32.1. The lowest BCUT2D eigenvalue weighted by atomic mass is 10.0. The van der Waals surface area contributed by atoms with Crippen LogP contribution in [-0.2, 0) is 38.1 Å². The van der Waals surface area contributed by atoms with E-state index >= 15 is 0 Å². The maximum atomic E-state index is 12.6. The number of H-pyrrole nitrogens is 1. The van der Waals surface area contributed by atoms with Gasteiger partial charge in [-0.05, 0) is 29.3 Å². The molecule has 224 valence electrons. The number of aromatic nitrogens is 2. The quantitative estimate of drug-likeness (QED) is 0.0843. The van der Waals surface area contributed by atoms with Crippen molar-refractivity contribution in [1.29, 1.82) is 0 Å². The molecule has 1 aromatic heterocycles. The monoisotopic (exact) mass is 608 g/mol. The van der Waals surface area contributed by atoms with E-state index < -0.39 is 23.9 Å². The molecule has 2 aromatic carbocycles. The van der Waals surface area contributed by atoms with Gasteiger partial charge in [0.25, 0.3) is 5.56 Å². The molecular weight excluding hydrogens is 580 g/mol. The molecule has 13 nitrogen and oxygen atoms in total. The molecule has 0 saturated carbocycles. The average molecular weight is 609 g/mol. The van der Waals surface area contributed by atoms with Crippen molar-refractivity contribution in [2.75, 3.05) is 45.8 Å². The fourth-order valence-corrected chi connectivity index (χ4v) is 3.72. The molecule has 43 heavy (non-hydrogen) atoms. The number of fused-ring (bicyclic) bond motifs is 1. The van der Waals surface area contributed by atoms with E-state index in [1.54, 1.807) is 18.2 Å². The molecule has 3 N–H and O–H groups in total. The van der Waals surface area contributed by atoms with Crippen LogP contribution in [0.3, 0.4) is 0 Å². The largest absolute Gasteiger partial charge is 0.466 e. The molecule has 0 aliphatic rings. The minimum atomic E-state index is -0.720. The van der Waals surface area contributed by atoms with Crippen molar-refractivity contribution in [3.05, 3.63) is 82.7 Å². The number of carbonyl (C=O) groups is 4. The second-order valence-electron chi connectivity index (χ2n) is 8.46. The topological polar surface area (TPSA) is 175 Å². The first-order valence-electron chi connectivity index (χ1n) is 12.7. The molecule has 0 saturated heterocycles. The van der Waals surface area contributed by atoms with Gasteiger partial charge in [0.2, 0.25) is 5.95 Å². The third kappa shape index (κ3) is 10.2. The summed E-state index contributed by atoms with van der Waals surface area (Å²) in [6.07, 6.45) is 3.85. The Labute approximate surface area is 250 Å². The SMILES string of the molecule is COC(=O)C=CC(=O)OCCNC(=S)c1cccc(-c2ccc3c(=O)[nH]c(NCCOC(=O)C=CC(=O)OC)nc3c2)c1. The Morgan fingerprint density at radius 2 is 1.44 bits per heavy atom. The van der Waals surface area contributed by atoms with E-state index in [1.807, 2.05) is 24.3 Å². The Morgan fingerprint density at radius 3 is 2.09 bits per heavy atom. The van der Waals surface area contributed by atoms with Crippen molar-refractivity contribution in [3.63, 3.8) is 0 Å². The molecule has 14 heteroatoms. The number of rotatable bonds is 13. The summed E-state index contributed by atoms with van der Waals surface area (Å²) in [4.78, 5) is 65.4. The summed E-state index contributed by atoms with van der Waals surface area (Å²) in [5, 5.41) is 6.30. The van der Waals surface area contributed by atoms with Crippen LogP contribution in [0.25, 0.3) is 22.0 Å². The fourth-order valence-electron chi connectivity index (χ4n) is 3.49. The molecule has 0 unspecified atom stereocenters. The Balaban J connectivity index is 1.60. The van der Waals surface area contributed by atoms with E-state index in [-0.39, 0.29) is 37.8 Å². The van der Waals surface area contributed by atoms with Gasteiger partial charge in [0.15, 0.2) is 0 Å². The van der Waals surface area contributed by atoms with Crippen LogP contribution in [0.2, 0.25) is 0 Å². The standard InChI is InChI=1S/C29H28N4O9S/c1-39-23(34)8-10-25(36)41-14-12-30-28(43)20-5-3-4-18(16-20)19-6-7-21-22(17-19)32-29(33-27(21)38)31-13-15-42-26(37)11-9-24(35)40-2/h3-11,16-17H,12-15H2,1-2H3,(H,30,43)(H2,31,32,33,38). The number of nitrogens with zero attached hydrogens (tertiary/aromatic N) is 1. The normalized spacial score (nSPS) is 10.8. The van der Waals surface area contributed by atoms with Gasteiger partial charge in [-0.15, -0.1) is 0 Å². The maximum Gasteiger partial charge on any atom is 0.331 e. The molecule has 1 heterocycles. The van der Waals surface area contributed by atoms with Crippen molar-refractivity contribution in [3.8, 4) is 11.1 Å². The van der Waals surface area contributed by atoms with Gasteiger partial charge in [-0.2, -0.15) is 0 Å². The molecule has 0 bridgehead atoms. The van der Waals surface area contributed by atoms with Gasteiger partial charge in [0.05, 0.1) is 31.7 Å². The van der Waals surface area contributed by atoms with Crippen LogP contribution in [-0.4, -0.2) is 79.4 Å². The minimum absolute atomic E-state index is 0.0281. The number of nitrogens with one attached hydrogen (secondary N) is 3. The van der Waals surface area contributed by atoms with Crippen molar-refractivity contribution in [2.24, 2.45) is 0 Å². The highest BCUT2D eigenvalue weighted by molar-refractivity contribution is 7.80. The molecule has 0 fully saturated rings. The summed E-state index contributed by atoms with van der Waals surface area (Å²) >= 11 is 5.47. The summed E-state index contributed by atoms with van der Waals surface area (Å²) in [7, 11) is 2.39. The lowest BCUT2D eigenvalue weighted by Crippen LogP contribution is -2.27. The number of methoxy groups -OCH3 is 2. The van der Waals surface area contributed by atoms with Crippen molar-refractivity contribution >= 4 is 57.9 Å². The number of ether oxygens (including phenoxy) is 4. The zero-order valence-corrected chi connectivity index (χ0v) is 24.0. The first-order chi connectivity index (χ1) is 20.7. The number of hydrogen-bond donors (Lipinski definition) is 3. The van der Waals surface area contributed by atoms with Crippen LogP contribution in [0, 0.1) is 0 Å². The number of benzene rings is 2. The highest BCUT2D eigenvalue weighted by Gasteiger charge is 2.09. The van der Waals surface area contributed by atoms with Gasteiger partial charge in [-0.3, -0.25) is 9.78 Å². The molecule has 0 radical (unpaired) electrons. The second kappa shape index (κ2) is 16.2. The van der Waals surface area contributed by atoms with Crippen molar-refractivity contribution in [1.82, 2.24) is 15.3 Å². The first-order valence-corrected chi connectivity index (χ1v) is 13.1. The number of thiocarbonyl (C=S) groups is 1. The Morgan fingerprint density at radius 1 is 0.837 bits per heavy atom. The summed E-state index contributed by atoms with van der Waals surface area (Å²) in [6.45, 7) is 0.395. The fraction of sp³-hybridized carbons (Fsp3) is 0.207. The summed E-state index contributed by atoms with van der Waals surface area (Å²) in [6, 6.07) is 12.7. The van der Waals surface area contributed by atoms with Crippen LogP contribution >= 0.6 is 12.2 Å². The maximum absolute atomic E-state index is 12.6. The molecule has 0 spiro atoms. The predicted octanol–water partition coefficient (Wildman–Crippen LogP) is 1.81.